The Bertz CT molecular complexity index is 641. The van der Waals surface area contributed by atoms with E-state index in [2.05, 4.69) is 32.0 Å². The molecule has 1 aliphatic rings. The summed E-state index contributed by atoms with van der Waals surface area (Å²) in [5.41, 5.74) is 0. The second-order valence-electron chi connectivity index (χ2n) is 5.98. The van der Waals surface area contributed by atoms with Crippen molar-refractivity contribution in [3.05, 3.63) is 42.6 Å². The smallest absolute Gasteiger partial charge is 0.225 e. The SMILES string of the molecule is CCCN=C(NCCc1ccco1)N1CCN(c2ncccn2)CC1.I. The number of nitrogens with zero attached hydrogens (tertiary/aromatic N) is 5. The van der Waals surface area contributed by atoms with Gasteiger partial charge in [-0.3, -0.25) is 4.99 Å². The van der Waals surface area contributed by atoms with E-state index in [1.165, 1.54) is 0 Å². The zero-order chi connectivity index (χ0) is 17.3. The van der Waals surface area contributed by atoms with E-state index in [0.717, 1.165) is 69.8 Å². The summed E-state index contributed by atoms with van der Waals surface area (Å²) in [6.45, 7) is 7.42. The van der Waals surface area contributed by atoms with Gasteiger partial charge in [0.2, 0.25) is 5.95 Å². The van der Waals surface area contributed by atoms with Crippen molar-refractivity contribution in [3.8, 4) is 0 Å². The number of nitrogens with one attached hydrogen (secondary N) is 1. The first-order valence-electron chi connectivity index (χ1n) is 8.94. The van der Waals surface area contributed by atoms with Crippen molar-refractivity contribution in [1.82, 2.24) is 20.2 Å². The van der Waals surface area contributed by atoms with Crippen LogP contribution in [0.1, 0.15) is 19.1 Å². The zero-order valence-corrected chi connectivity index (χ0v) is 17.5. The van der Waals surface area contributed by atoms with E-state index in [9.17, 15) is 0 Å². The monoisotopic (exact) mass is 470 g/mol. The van der Waals surface area contributed by atoms with Gasteiger partial charge < -0.3 is 19.5 Å². The molecule has 0 radical (unpaired) electrons. The molecule has 142 valence electrons. The Morgan fingerprint density at radius 3 is 2.62 bits per heavy atom. The van der Waals surface area contributed by atoms with Crippen molar-refractivity contribution >= 4 is 35.9 Å². The first kappa shape index (κ1) is 20.5. The van der Waals surface area contributed by atoms with Crippen molar-refractivity contribution in [2.24, 2.45) is 4.99 Å². The lowest BCUT2D eigenvalue weighted by molar-refractivity contribution is 0.369. The first-order valence-corrected chi connectivity index (χ1v) is 8.94. The molecule has 1 saturated heterocycles. The van der Waals surface area contributed by atoms with Gasteiger partial charge in [0.25, 0.3) is 0 Å². The summed E-state index contributed by atoms with van der Waals surface area (Å²) >= 11 is 0. The van der Waals surface area contributed by atoms with Gasteiger partial charge in [-0.05, 0) is 24.6 Å². The van der Waals surface area contributed by atoms with Crippen LogP contribution in [-0.4, -0.2) is 60.1 Å². The molecule has 0 atom stereocenters. The van der Waals surface area contributed by atoms with Crippen LogP contribution in [0.4, 0.5) is 5.95 Å². The molecular weight excluding hydrogens is 443 g/mol. The van der Waals surface area contributed by atoms with E-state index in [4.69, 9.17) is 9.41 Å². The number of hydrogen-bond acceptors (Lipinski definition) is 5. The Kier molecular flexibility index (Phi) is 8.66. The maximum Gasteiger partial charge on any atom is 0.225 e. The van der Waals surface area contributed by atoms with Crippen molar-refractivity contribution in [3.63, 3.8) is 0 Å². The van der Waals surface area contributed by atoms with Gasteiger partial charge in [-0.15, -0.1) is 24.0 Å². The molecule has 0 bridgehead atoms. The van der Waals surface area contributed by atoms with Gasteiger partial charge >= 0.3 is 0 Å². The third-order valence-electron chi connectivity index (χ3n) is 4.13. The standard InChI is InChI=1S/C18H26N6O.HI/c1-2-7-19-17(22-10-6-16-5-3-15-25-16)23-11-13-24(14-12-23)18-20-8-4-9-21-18;/h3-5,8-9,15H,2,6-7,10-14H2,1H3,(H,19,22);1H. The number of piperazine rings is 1. The summed E-state index contributed by atoms with van der Waals surface area (Å²) in [6.07, 6.45) is 7.20. The topological polar surface area (TPSA) is 69.8 Å². The summed E-state index contributed by atoms with van der Waals surface area (Å²) in [5.74, 6) is 2.79. The van der Waals surface area contributed by atoms with E-state index in [1.807, 2.05) is 18.2 Å². The van der Waals surface area contributed by atoms with E-state index in [1.54, 1.807) is 18.7 Å². The summed E-state index contributed by atoms with van der Waals surface area (Å²) in [7, 11) is 0. The maximum absolute atomic E-state index is 5.39. The first-order chi connectivity index (χ1) is 12.4. The minimum Gasteiger partial charge on any atom is -0.469 e. The lowest BCUT2D eigenvalue weighted by atomic mass is 10.3. The van der Waals surface area contributed by atoms with Crippen LogP contribution in [0.3, 0.4) is 0 Å². The number of guanidine groups is 1. The number of anilines is 1. The highest BCUT2D eigenvalue weighted by Crippen LogP contribution is 2.10. The summed E-state index contributed by atoms with van der Waals surface area (Å²) in [5, 5.41) is 3.48. The van der Waals surface area contributed by atoms with Crippen molar-refractivity contribution < 1.29 is 4.42 Å². The van der Waals surface area contributed by atoms with Crippen LogP contribution in [0.5, 0.6) is 0 Å². The Labute approximate surface area is 171 Å². The Balaban J connectivity index is 0.00000243. The number of rotatable bonds is 6. The quantitative estimate of drug-likeness (QED) is 0.398. The lowest BCUT2D eigenvalue weighted by Gasteiger charge is -2.36. The van der Waals surface area contributed by atoms with Crippen LogP contribution in [0.25, 0.3) is 0 Å². The molecule has 2 aromatic heterocycles. The van der Waals surface area contributed by atoms with Gasteiger partial charge in [0.1, 0.15) is 5.76 Å². The summed E-state index contributed by atoms with van der Waals surface area (Å²) in [6, 6.07) is 5.77. The molecule has 0 aromatic carbocycles. The predicted molar refractivity (Wildman–Crippen MR) is 114 cm³/mol. The molecule has 26 heavy (non-hydrogen) atoms. The molecule has 0 amide bonds. The highest BCUT2D eigenvalue weighted by molar-refractivity contribution is 14.0. The normalized spacial score (nSPS) is 14.9. The highest BCUT2D eigenvalue weighted by Gasteiger charge is 2.21. The molecule has 0 aliphatic carbocycles. The molecule has 1 N–H and O–H groups in total. The molecule has 2 aromatic rings. The Morgan fingerprint density at radius 2 is 1.96 bits per heavy atom. The Morgan fingerprint density at radius 1 is 1.19 bits per heavy atom. The maximum atomic E-state index is 5.39. The van der Waals surface area contributed by atoms with Gasteiger partial charge in [-0.2, -0.15) is 0 Å². The minimum atomic E-state index is 0. The highest BCUT2D eigenvalue weighted by atomic mass is 127. The van der Waals surface area contributed by atoms with Crippen LogP contribution in [-0.2, 0) is 6.42 Å². The predicted octanol–water partition coefficient (Wildman–Crippen LogP) is 2.41. The fraction of sp³-hybridized carbons (Fsp3) is 0.500. The second kappa shape index (κ2) is 11.0. The fourth-order valence-corrected chi connectivity index (χ4v) is 2.81. The van der Waals surface area contributed by atoms with E-state index in [-0.39, 0.29) is 24.0 Å². The zero-order valence-electron chi connectivity index (χ0n) is 15.2. The molecule has 0 saturated carbocycles. The third-order valence-corrected chi connectivity index (χ3v) is 4.13. The molecule has 1 fully saturated rings. The molecule has 1 aliphatic heterocycles. The van der Waals surface area contributed by atoms with Crippen molar-refractivity contribution in [2.75, 3.05) is 44.2 Å². The number of aliphatic imine (C=N–C) groups is 1. The van der Waals surface area contributed by atoms with Crippen molar-refractivity contribution in [1.29, 1.82) is 0 Å². The lowest BCUT2D eigenvalue weighted by Crippen LogP contribution is -2.53. The summed E-state index contributed by atoms with van der Waals surface area (Å²) in [4.78, 5) is 17.9. The number of aromatic nitrogens is 2. The van der Waals surface area contributed by atoms with Gasteiger partial charge in [-0.25, -0.2) is 9.97 Å². The largest absolute Gasteiger partial charge is 0.469 e. The van der Waals surface area contributed by atoms with E-state index >= 15 is 0 Å². The van der Waals surface area contributed by atoms with Crippen LogP contribution in [0, 0.1) is 0 Å². The van der Waals surface area contributed by atoms with Crippen LogP contribution < -0.4 is 10.2 Å². The Hall–Kier alpha value is -1.84. The third kappa shape index (κ3) is 5.86. The molecule has 3 heterocycles. The molecular formula is C18H27IN6O. The average Bonchev–Trinajstić information content (AvgIpc) is 3.19. The van der Waals surface area contributed by atoms with Gasteiger partial charge in [-0.1, -0.05) is 6.92 Å². The van der Waals surface area contributed by atoms with Crippen LogP contribution >= 0.6 is 24.0 Å². The molecule has 3 rings (SSSR count). The van der Waals surface area contributed by atoms with E-state index in [0.29, 0.717) is 0 Å². The number of halogens is 1. The van der Waals surface area contributed by atoms with Gasteiger partial charge in [0, 0.05) is 58.1 Å². The minimum absolute atomic E-state index is 0. The van der Waals surface area contributed by atoms with Crippen LogP contribution in [0.2, 0.25) is 0 Å². The fourth-order valence-electron chi connectivity index (χ4n) is 2.81. The number of hydrogen-bond donors (Lipinski definition) is 1. The molecule has 7 nitrogen and oxygen atoms in total. The number of furan rings is 1. The molecule has 8 heteroatoms. The molecule has 0 spiro atoms. The average molecular weight is 470 g/mol. The van der Waals surface area contributed by atoms with E-state index < -0.39 is 0 Å². The summed E-state index contributed by atoms with van der Waals surface area (Å²) < 4.78 is 5.39. The molecule has 0 unspecified atom stereocenters. The second-order valence-corrected chi connectivity index (χ2v) is 5.98. The van der Waals surface area contributed by atoms with Crippen LogP contribution in [0.15, 0.2) is 46.3 Å². The van der Waals surface area contributed by atoms with Gasteiger partial charge in [0.15, 0.2) is 5.96 Å². The van der Waals surface area contributed by atoms with Gasteiger partial charge in [0.05, 0.1) is 6.26 Å². The van der Waals surface area contributed by atoms with Crippen molar-refractivity contribution in [2.45, 2.75) is 19.8 Å².